The predicted octanol–water partition coefficient (Wildman–Crippen LogP) is 2.33. The minimum absolute atomic E-state index is 0.0394. The molecular formula is C16H18ClN3O2. The van der Waals surface area contributed by atoms with Gasteiger partial charge in [-0.25, -0.2) is 0 Å². The summed E-state index contributed by atoms with van der Waals surface area (Å²) in [6.07, 6.45) is 4.83. The first kappa shape index (κ1) is 16.3. The van der Waals surface area contributed by atoms with Crippen molar-refractivity contribution in [3.05, 3.63) is 47.1 Å². The van der Waals surface area contributed by atoms with Gasteiger partial charge in [-0.2, -0.15) is 0 Å². The van der Waals surface area contributed by atoms with Gasteiger partial charge in [-0.15, -0.1) is 0 Å². The first-order valence-electron chi connectivity index (χ1n) is 6.83. The number of carbonyl (C=O) groups is 1. The maximum absolute atomic E-state index is 11.7. The average Bonchev–Trinajstić information content (AvgIpc) is 2.49. The zero-order valence-corrected chi connectivity index (χ0v) is 13.3. The second-order valence-corrected chi connectivity index (χ2v) is 5.56. The second-order valence-electron chi connectivity index (χ2n) is 5.15. The fourth-order valence-electron chi connectivity index (χ4n) is 1.98. The molecule has 0 saturated carbocycles. The highest BCUT2D eigenvalue weighted by atomic mass is 35.5. The monoisotopic (exact) mass is 319 g/mol. The van der Waals surface area contributed by atoms with E-state index in [1.54, 1.807) is 30.5 Å². The highest BCUT2D eigenvalue weighted by Crippen LogP contribution is 2.32. The van der Waals surface area contributed by atoms with Crippen molar-refractivity contribution in [2.75, 3.05) is 20.6 Å². The number of pyridine rings is 1. The first-order valence-corrected chi connectivity index (χ1v) is 7.21. The Hall–Kier alpha value is -2.11. The third-order valence-corrected chi connectivity index (χ3v) is 3.40. The molecule has 5 nitrogen and oxygen atoms in total. The number of hydrogen-bond donors (Lipinski definition) is 2. The van der Waals surface area contributed by atoms with Gasteiger partial charge in [0.25, 0.3) is 0 Å². The number of likely N-dealkylation sites (N-methyl/N-ethyl adjacent to an activating group) is 1. The molecule has 0 aliphatic rings. The molecule has 2 rings (SSSR count). The summed E-state index contributed by atoms with van der Waals surface area (Å²) in [4.78, 5) is 17.8. The fourth-order valence-corrected chi connectivity index (χ4v) is 2.27. The van der Waals surface area contributed by atoms with Crippen LogP contribution in [0, 0.1) is 0 Å². The van der Waals surface area contributed by atoms with E-state index in [0.717, 1.165) is 0 Å². The van der Waals surface area contributed by atoms with Crippen LogP contribution < -0.4 is 5.32 Å². The van der Waals surface area contributed by atoms with Gasteiger partial charge in [0.05, 0.1) is 5.02 Å². The molecule has 0 fully saturated rings. The number of benzene rings is 1. The smallest absolute Gasteiger partial charge is 0.243 e. The van der Waals surface area contributed by atoms with E-state index in [1.807, 2.05) is 19.0 Å². The third kappa shape index (κ3) is 3.96. The first-order chi connectivity index (χ1) is 10.5. The highest BCUT2D eigenvalue weighted by molar-refractivity contribution is 6.35. The molecular weight excluding hydrogens is 302 g/mol. The van der Waals surface area contributed by atoms with Crippen LogP contribution in [0.4, 0.5) is 0 Å². The number of fused-ring (bicyclic) bond motifs is 1. The number of aromatic nitrogens is 1. The number of nitrogens with one attached hydrogen (secondary N) is 1. The Morgan fingerprint density at radius 2 is 2.27 bits per heavy atom. The Morgan fingerprint density at radius 1 is 1.50 bits per heavy atom. The minimum atomic E-state index is -0.224. The molecule has 2 aromatic rings. The number of phenolic OH excluding ortho intramolecular Hbond substituents is 1. The number of amides is 1. The summed E-state index contributed by atoms with van der Waals surface area (Å²) in [5.41, 5.74) is 0.966. The SMILES string of the molecule is CN(C)C/C=C/C(=O)NCc1cc(Cl)c2cccnc2c1O. The maximum Gasteiger partial charge on any atom is 0.243 e. The summed E-state index contributed by atoms with van der Waals surface area (Å²) in [6.45, 7) is 0.869. The molecule has 1 aromatic heterocycles. The lowest BCUT2D eigenvalue weighted by atomic mass is 10.1. The quantitative estimate of drug-likeness (QED) is 0.830. The van der Waals surface area contributed by atoms with Crippen LogP contribution in [0.5, 0.6) is 5.75 Å². The van der Waals surface area contributed by atoms with Gasteiger partial charge in [-0.05, 0) is 32.3 Å². The molecule has 116 valence electrons. The molecule has 0 radical (unpaired) electrons. The molecule has 22 heavy (non-hydrogen) atoms. The lowest BCUT2D eigenvalue weighted by Gasteiger charge is -2.09. The number of halogens is 1. The second kappa shape index (κ2) is 7.24. The lowest BCUT2D eigenvalue weighted by molar-refractivity contribution is -0.116. The van der Waals surface area contributed by atoms with Crippen molar-refractivity contribution in [2.24, 2.45) is 0 Å². The van der Waals surface area contributed by atoms with Gasteiger partial charge in [0.1, 0.15) is 11.3 Å². The standard InChI is InChI=1S/C16H18ClN3O2/c1-20(2)8-4-6-14(21)19-10-11-9-13(17)12-5-3-7-18-15(12)16(11)22/h3-7,9,22H,8,10H2,1-2H3,(H,19,21)/b6-4+. The summed E-state index contributed by atoms with van der Waals surface area (Å²) >= 11 is 6.18. The summed E-state index contributed by atoms with van der Waals surface area (Å²) in [7, 11) is 3.84. The molecule has 6 heteroatoms. The molecule has 1 heterocycles. The molecule has 0 atom stereocenters. The maximum atomic E-state index is 11.7. The molecule has 1 amide bonds. The zero-order valence-electron chi connectivity index (χ0n) is 12.5. The van der Waals surface area contributed by atoms with Crippen molar-refractivity contribution in [2.45, 2.75) is 6.54 Å². The lowest BCUT2D eigenvalue weighted by Crippen LogP contribution is -2.21. The van der Waals surface area contributed by atoms with Crippen molar-refractivity contribution in [1.82, 2.24) is 15.2 Å². The average molecular weight is 320 g/mol. The van der Waals surface area contributed by atoms with E-state index in [0.29, 0.717) is 28.0 Å². The molecule has 1 aromatic carbocycles. The number of hydrogen-bond acceptors (Lipinski definition) is 4. The van der Waals surface area contributed by atoms with Crippen LogP contribution in [0.1, 0.15) is 5.56 Å². The van der Waals surface area contributed by atoms with Crippen LogP contribution in [0.15, 0.2) is 36.5 Å². The number of nitrogens with zero attached hydrogens (tertiary/aromatic N) is 2. The molecule has 2 N–H and O–H groups in total. The van der Waals surface area contributed by atoms with Crippen molar-refractivity contribution < 1.29 is 9.90 Å². The summed E-state index contributed by atoms with van der Waals surface area (Å²) in [5, 5.41) is 14.1. The Kier molecular flexibility index (Phi) is 5.35. The van der Waals surface area contributed by atoms with Gasteiger partial charge < -0.3 is 15.3 Å². The number of carbonyl (C=O) groups excluding carboxylic acids is 1. The summed E-state index contributed by atoms with van der Waals surface area (Å²) in [5.74, 6) is -0.184. The normalized spacial score (nSPS) is 11.5. The number of phenols is 1. The van der Waals surface area contributed by atoms with Gasteiger partial charge in [-0.1, -0.05) is 17.7 Å². The van der Waals surface area contributed by atoms with Crippen LogP contribution in [-0.4, -0.2) is 41.5 Å². The van der Waals surface area contributed by atoms with E-state index in [2.05, 4.69) is 10.3 Å². The zero-order chi connectivity index (χ0) is 16.1. The fraction of sp³-hybridized carbons (Fsp3) is 0.250. The van der Waals surface area contributed by atoms with Gasteiger partial charge >= 0.3 is 0 Å². The number of aromatic hydroxyl groups is 1. The molecule has 0 saturated heterocycles. The molecule has 0 spiro atoms. The van der Waals surface area contributed by atoms with Crippen molar-refractivity contribution in [1.29, 1.82) is 0 Å². The molecule has 0 aliphatic carbocycles. The van der Waals surface area contributed by atoms with Crippen LogP contribution in [0.2, 0.25) is 5.02 Å². The Morgan fingerprint density at radius 3 is 3.00 bits per heavy atom. The minimum Gasteiger partial charge on any atom is -0.505 e. The highest BCUT2D eigenvalue weighted by Gasteiger charge is 2.11. The largest absolute Gasteiger partial charge is 0.505 e. The molecule has 0 bridgehead atoms. The van der Waals surface area contributed by atoms with Crippen LogP contribution in [0.3, 0.4) is 0 Å². The van der Waals surface area contributed by atoms with Gasteiger partial charge in [-0.3, -0.25) is 9.78 Å². The van der Waals surface area contributed by atoms with E-state index < -0.39 is 0 Å². The Bertz CT molecular complexity index is 714. The van der Waals surface area contributed by atoms with E-state index >= 15 is 0 Å². The third-order valence-electron chi connectivity index (χ3n) is 3.09. The van der Waals surface area contributed by atoms with Crippen molar-refractivity contribution in [3.63, 3.8) is 0 Å². The van der Waals surface area contributed by atoms with Gasteiger partial charge in [0.15, 0.2) is 0 Å². The van der Waals surface area contributed by atoms with E-state index in [4.69, 9.17) is 11.6 Å². The summed E-state index contributed by atoms with van der Waals surface area (Å²) in [6, 6.07) is 5.19. The van der Waals surface area contributed by atoms with E-state index in [1.165, 1.54) is 6.08 Å². The van der Waals surface area contributed by atoms with Gasteiger partial charge in [0.2, 0.25) is 5.91 Å². The van der Waals surface area contributed by atoms with Gasteiger partial charge in [0, 0.05) is 36.3 Å². The molecule has 0 aliphatic heterocycles. The number of rotatable bonds is 5. The van der Waals surface area contributed by atoms with Crippen LogP contribution >= 0.6 is 11.6 Å². The Labute approximate surface area is 134 Å². The van der Waals surface area contributed by atoms with Crippen LogP contribution in [-0.2, 0) is 11.3 Å². The van der Waals surface area contributed by atoms with Crippen molar-refractivity contribution in [3.8, 4) is 5.75 Å². The summed E-state index contributed by atoms with van der Waals surface area (Å²) < 4.78 is 0. The predicted molar refractivity (Wildman–Crippen MR) is 88.0 cm³/mol. The molecule has 0 unspecified atom stereocenters. The van der Waals surface area contributed by atoms with E-state index in [9.17, 15) is 9.90 Å². The topological polar surface area (TPSA) is 65.5 Å². The Balaban J connectivity index is 2.11. The van der Waals surface area contributed by atoms with Crippen LogP contribution in [0.25, 0.3) is 10.9 Å². The van der Waals surface area contributed by atoms with Crippen molar-refractivity contribution >= 4 is 28.4 Å². The van der Waals surface area contributed by atoms with E-state index in [-0.39, 0.29) is 18.2 Å².